The molecule has 1 aliphatic heterocycles. The molecular formula is C15H18N2O2S. The average molecular weight is 290 g/mol. The first-order chi connectivity index (χ1) is 9.78. The molecule has 1 N–H and O–H groups in total. The minimum absolute atomic E-state index is 0.0954. The van der Waals surface area contributed by atoms with Crippen molar-refractivity contribution in [3.8, 4) is 0 Å². The van der Waals surface area contributed by atoms with Crippen LogP contribution in [0.3, 0.4) is 0 Å². The summed E-state index contributed by atoms with van der Waals surface area (Å²) in [5, 5.41) is 10.5. The van der Waals surface area contributed by atoms with E-state index in [-0.39, 0.29) is 12.0 Å². The third kappa shape index (κ3) is 2.37. The Kier molecular flexibility index (Phi) is 3.83. The first-order valence-electron chi connectivity index (χ1n) is 6.66. The molecule has 0 radical (unpaired) electrons. The summed E-state index contributed by atoms with van der Waals surface area (Å²) in [5.74, 6) is 0.823. The number of thioether (sulfide) groups is 1. The number of aliphatic hydroxyl groups is 1. The van der Waals surface area contributed by atoms with E-state index in [1.54, 1.807) is 11.8 Å². The highest BCUT2D eigenvalue weighted by atomic mass is 32.2. The summed E-state index contributed by atoms with van der Waals surface area (Å²) >= 11 is 1.68. The summed E-state index contributed by atoms with van der Waals surface area (Å²) in [4.78, 5) is 4.68. The van der Waals surface area contributed by atoms with Crippen LogP contribution in [0.1, 0.15) is 0 Å². The molecule has 0 bridgehead atoms. The molecule has 1 saturated heterocycles. The van der Waals surface area contributed by atoms with Gasteiger partial charge in [0.15, 0.2) is 5.16 Å². The zero-order valence-corrected chi connectivity index (χ0v) is 12.1. The fourth-order valence-corrected chi connectivity index (χ4v) is 3.48. The number of fused-ring (bicyclic) bond motifs is 1. The maximum absolute atomic E-state index is 9.49. The summed E-state index contributed by atoms with van der Waals surface area (Å²) < 4.78 is 7.40. The molecule has 3 rings (SSSR count). The van der Waals surface area contributed by atoms with Crippen molar-refractivity contribution < 1.29 is 9.84 Å². The monoisotopic (exact) mass is 290 g/mol. The van der Waals surface area contributed by atoms with E-state index in [1.165, 1.54) is 0 Å². The van der Waals surface area contributed by atoms with Crippen LogP contribution in [0.4, 0.5) is 0 Å². The number of benzene rings is 1. The maximum Gasteiger partial charge on any atom is 0.169 e. The molecule has 1 fully saturated rings. The van der Waals surface area contributed by atoms with E-state index in [4.69, 9.17) is 4.74 Å². The molecule has 1 aliphatic rings. The Labute approximate surface area is 122 Å². The molecule has 0 amide bonds. The second-order valence-corrected chi connectivity index (χ2v) is 6.16. The largest absolute Gasteiger partial charge is 0.396 e. The van der Waals surface area contributed by atoms with Gasteiger partial charge in [-0.05, 0) is 12.1 Å². The van der Waals surface area contributed by atoms with Crippen molar-refractivity contribution in [2.45, 2.75) is 11.7 Å². The second-order valence-electron chi connectivity index (χ2n) is 5.22. The van der Waals surface area contributed by atoms with Crippen molar-refractivity contribution in [2.24, 2.45) is 5.41 Å². The van der Waals surface area contributed by atoms with Gasteiger partial charge in [-0.2, -0.15) is 0 Å². The van der Waals surface area contributed by atoms with Crippen LogP contribution >= 0.6 is 11.8 Å². The third-order valence-electron chi connectivity index (χ3n) is 3.59. The van der Waals surface area contributed by atoms with Crippen LogP contribution in [-0.4, -0.2) is 40.2 Å². The van der Waals surface area contributed by atoms with E-state index in [9.17, 15) is 5.11 Å². The third-order valence-corrected chi connectivity index (χ3v) is 4.92. The van der Waals surface area contributed by atoms with E-state index >= 15 is 0 Å². The number of para-hydroxylation sites is 2. The zero-order valence-electron chi connectivity index (χ0n) is 11.3. The van der Waals surface area contributed by atoms with Gasteiger partial charge < -0.3 is 14.4 Å². The number of imidazole rings is 1. The topological polar surface area (TPSA) is 47.3 Å². The molecule has 2 heterocycles. The van der Waals surface area contributed by atoms with Crippen LogP contribution in [0.15, 0.2) is 42.1 Å². The van der Waals surface area contributed by atoms with E-state index in [2.05, 4.69) is 22.2 Å². The molecule has 0 saturated carbocycles. The Morgan fingerprint density at radius 3 is 2.90 bits per heavy atom. The number of hydrogen-bond donors (Lipinski definition) is 1. The predicted octanol–water partition coefficient (Wildman–Crippen LogP) is 2.32. The van der Waals surface area contributed by atoms with Crippen molar-refractivity contribution in [1.29, 1.82) is 0 Å². The molecule has 20 heavy (non-hydrogen) atoms. The van der Waals surface area contributed by atoms with E-state index in [1.807, 2.05) is 24.3 Å². The summed E-state index contributed by atoms with van der Waals surface area (Å²) in [6, 6.07) is 8.11. The Hall–Kier alpha value is -1.30. The van der Waals surface area contributed by atoms with E-state index < -0.39 is 0 Å². The number of hydrogen-bond acceptors (Lipinski definition) is 4. The lowest BCUT2D eigenvalue weighted by molar-refractivity contribution is -0.121. The summed E-state index contributed by atoms with van der Waals surface area (Å²) in [6.07, 6.45) is 1.88. The molecule has 1 aromatic carbocycles. The fraction of sp³-hybridized carbons (Fsp3) is 0.400. The van der Waals surface area contributed by atoms with Gasteiger partial charge in [0.2, 0.25) is 0 Å². The number of nitrogens with zero attached hydrogens (tertiary/aromatic N) is 2. The number of aliphatic hydroxyl groups excluding tert-OH is 1. The predicted molar refractivity (Wildman–Crippen MR) is 81.0 cm³/mol. The average Bonchev–Trinajstić information content (AvgIpc) is 2.77. The van der Waals surface area contributed by atoms with Crippen LogP contribution in [0.25, 0.3) is 11.0 Å². The van der Waals surface area contributed by atoms with E-state index in [0.717, 1.165) is 28.5 Å². The Morgan fingerprint density at radius 2 is 2.25 bits per heavy atom. The minimum atomic E-state index is -0.0954. The summed E-state index contributed by atoms with van der Waals surface area (Å²) in [5.41, 5.74) is 2.03. The van der Waals surface area contributed by atoms with Gasteiger partial charge in [-0.1, -0.05) is 30.0 Å². The lowest BCUT2D eigenvalue weighted by Crippen LogP contribution is -2.47. The molecular weight excluding hydrogens is 272 g/mol. The van der Waals surface area contributed by atoms with Crippen LogP contribution in [0.5, 0.6) is 0 Å². The van der Waals surface area contributed by atoms with Gasteiger partial charge in [-0.25, -0.2) is 4.98 Å². The molecule has 2 aromatic rings. The van der Waals surface area contributed by atoms with Gasteiger partial charge in [0, 0.05) is 17.7 Å². The van der Waals surface area contributed by atoms with Gasteiger partial charge in [-0.15, -0.1) is 6.58 Å². The van der Waals surface area contributed by atoms with Crippen LogP contribution in [-0.2, 0) is 11.3 Å². The molecule has 0 aliphatic carbocycles. The molecule has 0 atom stereocenters. The van der Waals surface area contributed by atoms with Crippen molar-refractivity contribution in [3.63, 3.8) is 0 Å². The number of ether oxygens (including phenoxy) is 1. The van der Waals surface area contributed by atoms with Crippen molar-refractivity contribution in [2.75, 3.05) is 25.6 Å². The highest BCUT2D eigenvalue weighted by Crippen LogP contribution is 2.34. The molecule has 106 valence electrons. The SMILES string of the molecule is C=CCn1c(SCC2(CO)COC2)nc2ccccc21. The van der Waals surface area contributed by atoms with Crippen LogP contribution < -0.4 is 0 Å². The van der Waals surface area contributed by atoms with Crippen LogP contribution in [0, 0.1) is 5.41 Å². The van der Waals surface area contributed by atoms with Gasteiger partial charge in [0.05, 0.1) is 30.9 Å². The zero-order chi connectivity index (χ0) is 14.0. The second kappa shape index (κ2) is 5.60. The Morgan fingerprint density at radius 1 is 1.45 bits per heavy atom. The van der Waals surface area contributed by atoms with Gasteiger partial charge in [0.1, 0.15) is 0 Å². The van der Waals surface area contributed by atoms with Crippen LogP contribution in [0.2, 0.25) is 0 Å². The van der Waals surface area contributed by atoms with E-state index in [0.29, 0.717) is 13.2 Å². The lowest BCUT2D eigenvalue weighted by atomic mass is 9.90. The lowest BCUT2D eigenvalue weighted by Gasteiger charge is -2.39. The molecule has 5 heteroatoms. The summed E-state index contributed by atoms with van der Waals surface area (Å²) in [7, 11) is 0. The fourth-order valence-electron chi connectivity index (χ4n) is 2.30. The highest BCUT2D eigenvalue weighted by molar-refractivity contribution is 7.99. The summed E-state index contributed by atoms with van der Waals surface area (Å²) in [6.45, 7) is 6.00. The number of aromatic nitrogens is 2. The van der Waals surface area contributed by atoms with Crippen molar-refractivity contribution >= 4 is 22.8 Å². The first kappa shape index (κ1) is 13.7. The van der Waals surface area contributed by atoms with Gasteiger partial charge >= 0.3 is 0 Å². The van der Waals surface area contributed by atoms with Gasteiger partial charge in [-0.3, -0.25) is 0 Å². The van der Waals surface area contributed by atoms with Crippen molar-refractivity contribution in [1.82, 2.24) is 9.55 Å². The minimum Gasteiger partial charge on any atom is -0.396 e. The van der Waals surface area contributed by atoms with Crippen molar-refractivity contribution in [3.05, 3.63) is 36.9 Å². The quantitative estimate of drug-likeness (QED) is 0.655. The number of allylic oxidation sites excluding steroid dienone is 1. The highest BCUT2D eigenvalue weighted by Gasteiger charge is 2.38. The molecule has 0 spiro atoms. The molecule has 0 unspecified atom stereocenters. The Balaban J connectivity index is 1.86. The first-order valence-corrected chi connectivity index (χ1v) is 7.64. The molecule has 4 nitrogen and oxygen atoms in total. The van der Waals surface area contributed by atoms with Gasteiger partial charge in [0.25, 0.3) is 0 Å². The number of rotatable bonds is 6. The standard InChI is InChI=1S/C15H18N2O2S/c1-2-7-17-13-6-4-3-5-12(13)16-14(17)20-11-15(8-18)9-19-10-15/h2-6,18H,1,7-11H2. The smallest absolute Gasteiger partial charge is 0.169 e. The normalized spacial score (nSPS) is 17.1. The molecule has 1 aromatic heterocycles. The Bertz CT molecular complexity index is 614. The maximum atomic E-state index is 9.49.